The van der Waals surface area contributed by atoms with Crippen molar-refractivity contribution < 1.29 is 18.7 Å². The van der Waals surface area contributed by atoms with Crippen molar-refractivity contribution in [3.05, 3.63) is 71.3 Å². The highest BCUT2D eigenvalue weighted by molar-refractivity contribution is 5.95. The van der Waals surface area contributed by atoms with E-state index in [9.17, 15) is 14.0 Å². The molecule has 4 rings (SSSR count). The van der Waals surface area contributed by atoms with E-state index in [1.165, 1.54) is 19.2 Å². The number of methoxy groups -OCH3 is 1. The SMILES string of the molecule is COC(=O)C1=C(CN2CCN(c3ccccn3)CC2)NC(=O)N[C@H]1c1ccc(F)cc1. The number of hydrogen-bond donors (Lipinski definition) is 2. The third-order valence-electron chi connectivity index (χ3n) is 5.49. The zero-order chi connectivity index (χ0) is 21.8. The van der Waals surface area contributed by atoms with Crippen LogP contribution in [-0.2, 0) is 9.53 Å². The molecule has 0 bridgehead atoms. The maximum Gasteiger partial charge on any atom is 0.338 e. The van der Waals surface area contributed by atoms with E-state index < -0.39 is 23.9 Å². The van der Waals surface area contributed by atoms with Crippen LogP contribution in [0.2, 0.25) is 0 Å². The Balaban J connectivity index is 1.54. The van der Waals surface area contributed by atoms with E-state index in [4.69, 9.17) is 4.74 Å². The summed E-state index contributed by atoms with van der Waals surface area (Å²) in [6.45, 7) is 3.46. The molecule has 0 spiro atoms. The van der Waals surface area contributed by atoms with Crippen molar-refractivity contribution >= 4 is 17.8 Å². The number of benzene rings is 1. The van der Waals surface area contributed by atoms with Gasteiger partial charge in [-0.25, -0.2) is 19.0 Å². The number of carbonyl (C=O) groups excluding carboxylic acids is 2. The molecule has 0 radical (unpaired) electrons. The second-order valence-electron chi connectivity index (χ2n) is 7.42. The Kier molecular flexibility index (Phi) is 6.13. The lowest BCUT2D eigenvalue weighted by Crippen LogP contribution is -2.51. The van der Waals surface area contributed by atoms with Gasteiger partial charge in [-0.15, -0.1) is 0 Å². The average Bonchev–Trinajstić information content (AvgIpc) is 2.80. The molecule has 0 aliphatic carbocycles. The number of aromatic nitrogens is 1. The molecule has 2 amide bonds. The Labute approximate surface area is 179 Å². The van der Waals surface area contributed by atoms with Crippen LogP contribution in [0.3, 0.4) is 0 Å². The van der Waals surface area contributed by atoms with Crippen molar-refractivity contribution in [1.82, 2.24) is 20.5 Å². The summed E-state index contributed by atoms with van der Waals surface area (Å²) in [5.74, 6) is 0.00529. The Bertz CT molecular complexity index is 972. The summed E-state index contributed by atoms with van der Waals surface area (Å²) in [6, 6.07) is 10.4. The maximum absolute atomic E-state index is 13.4. The lowest BCUT2D eigenvalue weighted by atomic mass is 9.95. The van der Waals surface area contributed by atoms with Crippen LogP contribution in [0, 0.1) is 5.82 Å². The Hall–Kier alpha value is -3.46. The van der Waals surface area contributed by atoms with E-state index in [0.29, 0.717) is 23.4 Å². The van der Waals surface area contributed by atoms with Gasteiger partial charge in [-0.1, -0.05) is 18.2 Å². The molecule has 1 saturated heterocycles. The molecule has 3 heterocycles. The molecule has 1 aromatic carbocycles. The first-order valence-electron chi connectivity index (χ1n) is 10.1. The highest BCUT2D eigenvalue weighted by Gasteiger charge is 2.34. The molecular weight excluding hydrogens is 401 g/mol. The van der Waals surface area contributed by atoms with Gasteiger partial charge >= 0.3 is 12.0 Å². The van der Waals surface area contributed by atoms with Crippen molar-refractivity contribution in [1.29, 1.82) is 0 Å². The number of amides is 2. The van der Waals surface area contributed by atoms with Crippen LogP contribution in [0.15, 0.2) is 59.9 Å². The smallest absolute Gasteiger partial charge is 0.338 e. The van der Waals surface area contributed by atoms with Gasteiger partial charge in [0, 0.05) is 44.6 Å². The summed E-state index contributed by atoms with van der Waals surface area (Å²) < 4.78 is 18.4. The number of pyridine rings is 1. The molecule has 0 unspecified atom stereocenters. The summed E-state index contributed by atoms with van der Waals surface area (Å²) in [4.78, 5) is 33.7. The topological polar surface area (TPSA) is 86.8 Å². The number of hydrogen-bond acceptors (Lipinski definition) is 6. The predicted octanol–water partition coefficient (Wildman–Crippen LogP) is 1.82. The fourth-order valence-electron chi connectivity index (χ4n) is 3.90. The second kappa shape index (κ2) is 9.13. The van der Waals surface area contributed by atoms with Crippen molar-refractivity contribution in [2.24, 2.45) is 0 Å². The standard InChI is InChI=1S/C22H24FN5O3/c1-31-21(29)19-17(25-22(30)26-20(19)15-5-7-16(23)8-6-15)14-27-10-12-28(13-11-27)18-4-2-3-9-24-18/h2-9,20H,10-14H2,1H3,(H2,25,26,30)/t20-/m0/s1. The van der Waals surface area contributed by atoms with Crippen LogP contribution >= 0.6 is 0 Å². The van der Waals surface area contributed by atoms with E-state index in [0.717, 1.165) is 32.0 Å². The molecule has 1 atom stereocenters. The fourth-order valence-corrected chi connectivity index (χ4v) is 3.90. The Morgan fingerprint density at radius 1 is 1.16 bits per heavy atom. The Morgan fingerprint density at radius 2 is 1.90 bits per heavy atom. The fraction of sp³-hybridized carbons (Fsp3) is 0.318. The highest BCUT2D eigenvalue weighted by atomic mass is 19.1. The average molecular weight is 425 g/mol. The normalized spacial score (nSPS) is 19.6. The molecule has 9 heteroatoms. The number of ether oxygens (including phenoxy) is 1. The molecule has 2 aromatic rings. The van der Waals surface area contributed by atoms with Crippen LogP contribution in [0.1, 0.15) is 11.6 Å². The summed E-state index contributed by atoms with van der Waals surface area (Å²) >= 11 is 0. The van der Waals surface area contributed by atoms with E-state index in [2.05, 4.69) is 25.4 Å². The summed E-state index contributed by atoms with van der Waals surface area (Å²) in [7, 11) is 1.30. The molecule has 2 aliphatic heterocycles. The number of halogens is 1. The zero-order valence-electron chi connectivity index (χ0n) is 17.2. The molecule has 2 N–H and O–H groups in total. The number of nitrogens with zero attached hydrogens (tertiary/aromatic N) is 3. The summed E-state index contributed by atoms with van der Waals surface area (Å²) in [5.41, 5.74) is 1.42. The molecule has 31 heavy (non-hydrogen) atoms. The predicted molar refractivity (Wildman–Crippen MR) is 113 cm³/mol. The highest BCUT2D eigenvalue weighted by Crippen LogP contribution is 2.28. The Morgan fingerprint density at radius 3 is 2.55 bits per heavy atom. The number of esters is 1. The molecule has 162 valence electrons. The molecule has 8 nitrogen and oxygen atoms in total. The van der Waals surface area contributed by atoms with E-state index >= 15 is 0 Å². The van der Waals surface area contributed by atoms with Gasteiger partial charge in [-0.2, -0.15) is 0 Å². The van der Waals surface area contributed by atoms with Crippen molar-refractivity contribution in [3.8, 4) is 0 Å². The van der Waals surface area contributed by atoms with Crippen LogP contribution in [0.25, 0.3) is 0 Å². The molecule has 1 aromatic heterocycles. The number of anilines is 1. The van der Waals surface area contributed by atoms with Crippen LogP contribution in [0.4, 0.5) is 15.0 Å². The van der Waals surface area contributed by atoms with Crippen molar-refractivity contribution in [2.75, 3.05) is 44.7 Å². The molecule has 1 fully saturated rings. The minimum absolute atomic E-state index is 0.320. The number of nitrogens with one attached hydrogen (secondary N) is 2. The van der Waals surface area contributed by atoms with E-state index in [-0.39, 0.29) is 0 Å². The van der Waals surface area contributed by atoms with E-state index in [1.807, 2.05) is 18.2 Å². The van der Waals surface area contributed by atoms with Gasteiger partial charge in [-0.05, 0) is 29.8 Å². The van der Waals surface area contributed by atoms with Crippen molar-refractivity contribution in [2.45, 2.75) is 6.04 Å². The summed E-state index contributed by atoms with van der Waals surface area (Å²) in [6.07, 6.45) is 1.77. The first kappa shape index (κ1) is 20.8. The number of urea groups is 1. The van der Waals surface area contributed by atoms with Gasteiger partial charge in [0.15, 0.2) is 0 Å². The first-order valence-corrected chi connectivity index (χ1v) is 10.1. The van der Waals surface area contributed by atoms with E-state index in [1.54, 1.807) is 18.3 Å². The third kappa shape index (κ3) is 4.66. The van der Waals surface area contributed by atoms with Gasteiger partial charge < -0.3 is 20.3 Å². The first-order chi connectivity index (χ1) is 15.0. The monoisotopic (exact) mass is 425 g/mol. The largest absolute Gasteiger partial charge is 0.466 e. The molecule has 0 saturated carbocycles. The number of carbonyl (C=O) groups is 2. The van der Waals surface area contributed by atoms with Gasteiger partial charge in [0.1, 0.15) is 11.6 Å². The lowest BCUT2D eigenvalue weighted by molar-refractivity contribution is -0.136. The minimum Gasteiger partial charge on any atom is -0.466 e. The van der Waals surface area contributed by atoms with Gasteiger partial charge in [0.25, 0.3) is 0 Å². The molecular formula is C22H24FN5O3. The van der Waals surface area contributed by atoms with Gasteiger partial charge in [0.2, 0.25) is 0 Å². The second-order valence-corrected chi connectivity index (χ2v) is 7.42. The summed E-state index contributed by atoms with van der Waals surface area (Å²) in [5, 5.41) is 5.52. The van der Waals surface area contributed by atoms with Gasteiger partial charge in [-0.3, -0.25) is 4.90 Å². The van der Waals surface area contributed by atoms with Crippen LogP contribution in [-0.4, -0.2) is 61.7 Å². The van der Waals surface area contributed by atoms with Crippen molar-refractivity contribution in [3.63, 3.8) is 0 Å². The zero-order valence-corrected chi connectivity index (χ0v) is 17.2. The maximum atomic E-state index is 13.4. The lowest BCUT2D eigenvalue weighted by Gasteiger charge is -2.37. The number of rotatable bonds is 5. The van der Waals surface area contributed by atoms with Crippen LogP contribution in [0.5, 0.6) is 0 Å². The van der Waals surface area contributed by atoms with Crippen LogP contribution < -0.4 is 15.5 Å². The minimum atomic E-state index is -0.716. The molecule has 2 aliphatic rings. The van der Waals surface area contributed by atoms with Gasteiger partial charge in [0.05, 0.1) is 18.7 Å². The number of piperazine rings is 1. The third-order valence-corrected chi connectivity index (χ3v) is 5.49. The quantitative estimate of drug-likeness (QED) is 0.711.